The zero-order valence-electron chi connectivity index (χ0n) is 13.7. The van der Waals surface area contributed by atoms with Gasteiger partial charge in [-0.3, -0.25) is 4.79 Å². The highest BCUT2D eigenvalue weighted by atomic mass is 16.5. The van der Waals surface area contributed by atoms with Gasteiger partial charge in [0, 0.05) is 11.1 Å². The first-order chi connectivity index (χ1) is 12.8. The third-order valence-corrected chi connectivity index (χ3v) is 3.88. The summed E-state index contributed by atoms with van der Waals surface area (Å²) in [4.78, 5) is 12.2. The number of aromatic nitrogens is 4. The first-order valence-corrected chi connectivity index (χ1v) is 8.03. The van der Waals surface area contributed by atoms with Gasteiger partial charge in [-0.1, -0.05) is 36.4 Å². The SMILES string of the molecule is O=C(COc1ccc(-n2cnnn2)cc1)Nc1cccc2ccccc12. The Balaban J connectivity index is 1.39. The molecule has 0 aliphatic carbocycles. The van der Waals surface area contributed by atoms with Crippen LogP contribution < -0.4 is 10.1 Å². The predicted molar refractivity (Wildman–Crippen MR) is 97.2 cm³/mol. The number of amides is 1. The zero-order valence-corrected chi connectivity index (χ0v) is 13.7. The van der Waals surface area contributed by atoms with Crippen molar-refractivity contribution in [2.75, 3.05) is 11.9 Å². The van der Waals surface area contributed by atoms with E-state index in [1.165, 1.54) is 11.0 Å². The highest BCUT2D eigenvalue weighted by Gasteiger charge is 2.07. The molecule has 0 aliphatic rings. The monoisotopic (exact) mass is 345 g/mol. The lowest BCUT2D eigenvalue weighted by molar-refractivity contribution is -0.118. The second-order valence-electron chi connectivity index (χ2n) is 5.61. The van der Waals surface area contributed by atoms with E-state index < -0.39 is 0 Å². The topological polar surface area (TPSA) is 81.9 Å². The van der Waals surface area contributed by atoms with Crippen LogP contribution in [0.5, 0.6) is 5.75 Å². The number of carbonyl (C=O) groups is 1. The van der Waals surface area contributed by atoms with Gasteiger partial charge >= 0.3 is 0 Å². The van der Waals surface area contributed by atoms with Crippen molar-refractivity contribution in [3.63, 3.8) is 0 Å². The van der Waals surface area contributed by atoms with Crippen molar-refractivity contribution in [2.24, 2.45) is 0 Å². The van der Waals surface area contributed by atoms with Crippen molar-refractivity contribution in [3.05, 3.63) is 73.1 Å². The summed E-state index contributed by atoms with van der Waals surface area (Å²) >= 11 is 0. The first kappa shape index (κ1) is 15.8. The number of nitrogens with one attached hydrogen (secondary N) is 1. The van der Waals surface area contributed by atoms with Gasteiger partial charge in [-0.25, -0.2) is 4.68 Å². The maximum Gasteiger partial charge on any atom is 0.262 e. The molecule has 128 valence electrons. The van der Waals surface area contributed by atoms with E-state index >= 15 is 0 Å². The number of ether oxygens (including phenoxy) is 1. The van der Waals surface area contributed by atoms with Gasteiger partial charge in [-0.15, -0.1) is 5.10 Å². The average molecular weight is 345 g/mol. The van der Waals surface area contributed by atoms with Gasteiger partial charge in [-0.05, 0) is 46.1 Å². The Morgan fingerprint density at radius 2 is 1.81 bits per heavy atom. The maximum atomic E-state index is 12.2. The molecule has 1 heterocycles. The van der Waals surface area contributed by atoms with Gasteiger partial charge in [0.1, 0.15) is 12.1 Å². The van der Waals surface area contributed by atoms with Gasteiger partial charge in [0.2, 0.25) is 0 Å². The Kier molecular flexibility index (Phi) is 4.26. The molecule has 7 nitrogen and oxygen atoms in total. The number of carbonyl (C=O) groups excluding carboxylic acids is 1. The fraction of sp³-hybridized carbons (Fsp3) is 0.0526. The highest BCUT2D eigenvalue weighted by Crippen LogP contribution is 2.23. The number of fused-ring (bicyclic) bond motifs is 1. The Labute approximate surface area is 149 Å². The van der Waals surface area contributed by atoms with Crippen molar-refractivity contribution in [3.8, 4) is 11.4 Å². The fourth-order valence-electron chi connectivity index (χ4n) is 2.64. The molecule has 0 fully saturated rings. The summed E-state index contributed by atoms with van der Waals surface area (Å²) < 4.78 is 7.09. The van der Waals surface area contributed by atoms with Gasteiger partial charge in [0.05, 0.1) is 5.69 Å². The molecular weight excluding hydrogens is 330 g/mol. The molecular formula is C19H15N5O2. The lowest BCUT2D eigenvalue weighted by Crippen LogP contribution is -2.20. The number of hydrogen-bond donors (Lipinski definition) is 1. The van der Waals surface area contributed by atoms with Crippen LogP contribution in [-0.4, -0.2) is 32.7 Å². The number of tetrazole rings is 1. The molecule has 0 saturated heterocycles. The molecule has 1 N–H and O–H groups in total. The van der Waals surface area contributed by atoms with Crippen LogP contribution in [0.15, 0.2) is 73.1 Å². The van der Waals surface area contributed by atoms with E-state index in [0.29, 0.717) is 5.75 Å². The van der Waals surface area contributed by atoms with Crippen LogP contribution in [-0.2, 0) is 4.79 Å². The summed E-state index contributed by atoms with van der Waals surface area (Å²) in [6.07, 6.45) is 1.51. The number of hydrogen-bond acceptors (Lipinski definition) is 5. The van der Waals surface area contributed by atoms with Crippen LogP contribution in [0.4, 0.5) is 5.69 Å². The van der Waals surface area contributed by atoms with E-state index in [2.05, 4.69) is 20.8 Å². The average Bonchev–Trinajstić information content (AvgIpc) is 3.22. The van der Waals surface area contributed by atoms with Crippen molar-refractivity contribution < 1.29 is 9.53 Å². The summed E-state index contributed by atoms with van der Waals surface area (Å²) in [5, 5.41) is 16.0. The zero-order chi connectivity index (χ0) is 17.8. The fourth-order valence-corrected chi connectivity index (χ4v) is 2.64. The molecule has 0 aliphatic heterocycles. The van der Waals surface area contributed by atoms with Crippen LogP contribution in [0, 0.1) is 0 Å². The quantitative estimate of drug-likeness (QED) is 0.601. The van der Waals surface area contributed by atoms with Crippen molar-refractivity contribution in [1.82, 2.24) is 20.2 Å². The molecule has 0 spiro atoms. The Hall–Kier alpha value is -3.74. The number of rotatable bonds is 5. The van der Waals surface area contributed by atoms with Gasteiger partial charge < -0.3 is 10.1 Å². The van der Waals surface area contributed by atoms with E-state index in [0.717, 1.165) is 22.1 Å². The minimum absolute atomic E-state index is 0.0759. The van der Waals surface area contributed by atoms with E-state index in [-0.39, 0.29) is 12.5 Å². The third kappa shape index (κ3) is 3.36. The second kappa shape index (κ2) is 7.02. The summed E-state index contributed by atoms with van der Waals surface area (Å²) in [6.45, 7) is -0.0759. The largest absolute Gasteiger partial charge is 0.484 e. The third-order valence-electron chi connectivity index (χ3n) is 3.88. The summed E-state index contributed by atoms with van der Waals surface area (Å²) in [5.41, 5.74) is 1.58. The Morgan fingerprint density at radius 3 is 2.62 bits per heavy atom. The summed E-state index contributed by atoms with van der Waals surface area (Å²) in [6, 6.07) is 20.9. The molecule has 4 rings (SSSR count). The lowest BCUT2D eigenvalue weighted by Gasteiger charge is -2.10. The van der Waals surface area contributed by atoms with Crippen LogP contribution >= 0.6 is 0 Å². The molecule has 0 unspecified atom stereocenters. The number of nitrogens with zero attached hydrogens (tertiary/aromatic N) is 4. The van der Waals surface area contributed by atoms with E-state index in [1.54, 1.807) is 12.1 Å². The molecule has 0 atom stereocenters. The van der Waals surface area contributed by atoms with Crippen LogP contribution in [0.2, 0.25) is 0 Å². The number of benzene rings is 3. The molecule has 7 heteroatoms. The van der Waals surface area contributed by atoms with Gasteiger partial charge in [-0.2, -0.15) is 0 Å². The van der Waals surface area contributed by atoms with Crippen molar-refractivity contribution >= 4 is 22.4 Å². The van der Waals surface area contributed by atoms with E-state index in [9.17, 15) is 4.79 Å². The van der Waals surface area contributed by atoms with Crippen LogP contribution in [0.1, 0.15) is 0 Å². The van der Waals surface area contributed by atoms with Gasteiger partial charge in [0.25, 0.3) is 5.91 Å². The molecule has 26 heavy (non-hydrogen) atoms. The van der Waals surface area contributed by atoms with Crippen LogP contribution in [0.25, 0.3) is 16.5 Å². The molecule has 0 bridgehead atoms. The van der Waals surface area contributed by atoms with Gasteiger partial charge in [0.15, 0.2) is 6.61 Å². The molecule has 4 aromatic rings. The van der Waals surface area contributed by atoms with E-state index in [4.69, 9.17) is 4.74 Å². The van der Waals surface area contributed by atoms with E-state index in [1.807, 2.05) is 54.6 Å². The van der Waals surface area contributed by atoms with Crippen molar-refractivity contribution in [1.29, 1.82) is 0 Å². The predicted octanol–water partition coefficient (Wildman–Crippen LogP) is 2.83. The highest BCUT2D eigenvalue weighted by molar-refractivity contribution is 6.02. The minimum atomic E-state index is -0.217. The smallest absolute Gasteiger partial charge is 0.262 e. The maximum absolute atomic E-state index is 12.2. The first-order valence-electron chi connectivity index (χ1n) is 8.03. The normalized spacial score (nSPS) is 10.6. The summed E-state index contributed by atoms with van der Waals surface area (Å²) in [5.74, 6) is 0.376. The Morgan fingerprint density at radius 1 is 1.00 bits per heavy atom. The standard InChI is InChI=1S/C19H15N5O2/c25-19(21-18-7-3-5-14-4-1-2-6-17(14)18)12-26-16-10-8-15(9-11-16)24-13-20-22-23-24/h1-11,13H,12H2,(H,21,25). The minimum Gasteiger partial charge on any atom is -0.484 e. The molecule has 1 amide bonds. The molecule has 3 aromatic carbocycles. The molecule has 1 aromatic heterocycles. The molecule has 0 radical (unpaired) electrons. The van der Waals surface area contributed by atoms with Crippen LogP contribution in [0.3, 0.4) is 0 Å². The van der Waals surface area contributed by atoms with Crippen molar-refractivity contribution in [2.45, 2.75) is 0 Å². The Bertz CT molecular complexity index is 1020. The number of anilines is 1. The lowest BCUT2D eigenvalue weighted by atomic mass is 10.1. The summed E-state index contributed by atoms with van der Waals surface area (Å²) in [7, 11) is 0. The second-order valence-corrected chi connectivity index (χ2v) is 5.61. The molecule has 0 saturated carbocycles.